The Bertz CT molecular complexity index is 1030. The third-order valence-electron chi connectivity index (χ3n) is 5.17. The predicted octanol–water partition coefficient (Wildman–Crippen LogP) is 4.10. The number of alkyl halides is 3. The number of halogens is 3. The molecule has 0 saturated heterocycles. The number of nitrogens with zero attached hydrogens (tertiary/aromatic N) is 3. The number of carbonyl (C=O) groups excluding carboxylic acids is 1. The van der Waals surface area contributed by atoms with E-state index in [1.165, 1.54) is 0 Å². The zero-order chi connectivity index (χ0) is 22.6. The molecule has 0 aliphatic heterocycles. The smallest absolute Gasteiger partial charge is 0.350 e. The summed E-state index contributed by atoms with van der Waals surface area (Å²) in [6, 6.07) is 16.3. The Hall–Kier alpha value is -3.13. The van der Waals surface area contributed by atoms with Crippen molar-refractivity contribution in [3.63, 3.8) is 0 Å². The van der Waals surface area contributed by atoms with Gasteiger partial charge in [-0.15, -0.1) is 0 Å². The first-order valence-corrected chi connectivity index (χ1v) is 9.88. The molecule has 5 nitrogen and oxygen atoms in total. The first-order chi connectivity index (χ1) is 14.7. The van der Waals surface area contributed by atoms with Gasteiger partial charge in [0.2, 0.25) is 0 Å². The lowest BCUT2D eigenvalue weighted by Crippen LogP contribution is -2.42. The average molecular weight is 430 g/mol. The molecule has 8 heteroatoms. The molecule has 0 radical (unpaired) electrons. The monoisotopic (exact) mass is 430 g/mol. The second-order valence-electron chi connectivity index (χ2n) is 7.62. The number of amides is 1. The minimum absolute atomic E-state index is 0.0768. The number of carbonyl (C=O) groups is 1. The third kappa shape index (κ3) is 5.32. The van der Waals surface area contributed by atoms with Crippen LogP contribution in [-0.2, 0) is 12.6 Å². The fraction of sp³-hybridized carbons (Fsp3) is 0.304. The van der Waals surface area contributed by atoms with Crippen molar-refractivity contribution < 1.29 is 18.0 Å². The van der Waals surface area contributed by atoms with Crippen molar-refractivity contribution in [2.45, 2.75) is 25.6 Å². The maximum absolute atomic E-state index is 13.9. The Kier molecular flexibility index (Phi) is 6.80. The van der Waals surface area contributed by atoms with Gasteiger partial charge in [-0.2, -0.15) is 18.3 Å². The van der Waals surface area contributed by atoms with Crippen molar-refractivity contribution in [1.82, 2.24) is 20.0 Å². The van der Waals surface area contributed by atoms with Gasteiger partial charge in [0.25, 0.3) is 5.91 Å². The average Bonchev–Trinajstić information content (AvgIpc) is 3.17. The van der Waals surface area contributed by atoms with E-state index in [2.05, 4.69) is 10.4 Å². The molecule has 0 bridgehead atoms. The Balaban J connectivity index is 1.83. The predicted molar refractivity (Wildman–Crippen MR) is 113 cm³/mol. The number of benzene rings is 2. The van der Waals surface area contributed by atoms with Gasteiger partial charge in [0, 0.05) is 12.6 Å². The maximum Gasteiger partial charge on any atom is 0.434 e. The van der Waals surface area contributed by atoms with E-state index in [1.54, 1.807) is 31.2 Å². The van der Waals surface area contributed by atoms with Crippen LogP contribution in [0.15, 0.2) is 60.8 Å². The topological polar surface area (TPSA) is 50.2 Å². The Morgan fingerprint density at radius 3 is 2.35 bits per heavy atom. The van der Waals surface area contributed by atoms with E-state index in [9.17, 15) is 18.0 Å². The molecule has 0 fully saturated rings. The fourth-order valence-corrected chi connectivity index (χ4v) is 3.40. The minimum atomic E-state index is -4.74. The normalized spacial score (nSPS) is 12.7. The van der Waals surface area contributed by atoms with Crippen molar-refractivity contribution in [1.29, 1.82) is 0 Å². The number of para-hydroxylation sites is 1. The first kappa shape index (κ1) is 22.6. The highest BCUT2D eigenvalue weighted by molar-refractivity contribution is 5.95. The molecule has 3 aromatic rings. The van der Waals surface area contributed by atoms with E-state index in [1.807, 2.05) is 49.3 Å². The number of hydrogen-bond acceptors (Lipinski definition) is 3. The molecule has 2 aromatic carbocycles. The largest absolute Gasteiger partial charge is 0.434 e. The lowest BCUT2D eigenvalue weighted by atomic mass is 10.0. The van der Waals surface area contributed by atoms with Gasteiger partial charge in [-0.1, -0.05) is 48.5 Å². The number of nitrogens with one attached hydrogen (secondary N) is 1. The van der Waals surface area contributed by atoms with Crippen molar-refractivity contribution in [2.75, 3.05) is 20.6 Å². The van der Waals surface area contributed by atoms with E-state index >= 15 is 0 Å². The highest BCUT2D eigenvalue weighted by atomic mass is 19.4. The van der Waals surface area contributed by atoms with Gasteiger partial charge in [-0.3, -0.25) is 4.79 Å². The summed E-state index contributed by atoms with van der Waals surface area (Å²) in [7, 11) is 3.74. The number of likely N-dealkylation sites (N-methyl/N-ethyl adjacent to an activating group) is 1. The standard InChI is InChI=1S/C23H25F3N4O/c1-16-9-7-8-12-20(16)30-21(23(24,25)26)19(15-28-30)22(31)27-14-18(29(2)3)13-17-10-5-4-6-11-17/h4-12,15,18H,13-14H2,1-3H3,(H,27,31). The van der Waals surface area contributed by atoms with Gasteiger partial charge in [-0.05, 0) is 44.6 Å². The van der Waals surface area contributed by atoms with E-state index < -0.39 is 23.3 Å². The molecule has 0 saturated carbocycles. The van der Waals surface area contributed by atoms with Gasteiger partial charge in [0.05, 0.1) is 17.4 Å². The van der Waals surface area contributed by atoms with Crippen LogP contribution >= 0.6 is 0 Å². The molecule has 1 amide bonds. The summed E-state index contributed by atoms with van der Waals surface area (Å²) >= 11 is 0. The molecule has 0 spiro atoms. The highest BCUT2D eigenvalue weighted by Crippen LogP contribution is 2.34. The van der Waals surface area contributed by atoms with Gasteiger partial charge in [-0.25, -0.2) is 4.68 Å². The lowest BCUT2D eigenvalue weighted by molar-refractivity contribution is -0.143. The molecule has 3 rings (SSSR count). The molecule has 1 unspecified atom stereocenters. The third-order valence-corrected chi connectivity index (χ3v) is 5.17. The lowest BCUT2D eigenvalue weighted by Gasteiger charge is -2.25. The quantitative estimate of drug-likeness (QED) is 0.614. The summed E-state index contributed by atoms with van der Waals surface area (Å²) in [5.41, 5.74) is 0.415. The van der Waals surface area contributed by atoms with Crippen molar-refractivity contribution in [3.8, 4) is 5.69 Å². The van der Waals surface area contributed by atoms with E-state index in [0.29, 0.717) is 12.0 Å². The van der Waals surface area contributed by atoms with Crippen molar-refractivity contribution in [2.24, 2.45) is 0 Å². The SMILES string of the molecule is Cc1ccccc1-n1ncc(C(=O)NCC(Cc2ccccc2)N(C)C)c1C(F)(F)F. The van der Waals surface area contributed by atoms with E-state index in [-0.39, 0.29) is 18.3 Å². The summed E-state index contributed by atoms with van der Waals surface area (Å²) < 4.78 is 42.4. The van der Waals surface area contributed by atoms with Crippen LogP contribution in [0.3, 0.4) is 0 Å². The van der Waals surface area contributed by atoms with Crippen molar-refractivity contribution in [3.05, 3.63) is 83.2 Å². The van der Waals surface area contributed by atoms with Crippen LogP contribution in [0.5, 0.6) is 0 Å². The Morgan fingerprint density at radius 1 is 1.10 bits per heavy atom. The van der Waals surface area contributed by atoms with Gasteiger partial charge in [0.1, 0.15) is 0 Å². The summed E-state index contributed by atoms with van der Waals surface area (Å²) in [6.45, 7) is 1.90. The van der Waals surface area contributed by atoms with Crippen LogP contribution in [0.25, 0.3) is 5.69 Å². The second kappa shape index (κ2) is 9.34. The van der Waals surface area contributed by atoms with Crippen LogP contribution in [-0.4, -0.2) is 47.3 Å². The van der Waals surface area contributed by atoms with E-state index in [0.717, 1.165) is 16.4 Å². The molecular formula is C23H25F3N4O. The number of rotatable bonds is 7. The molecule has 1 N–H and O–H groups in total. The molecule has 0 aliphatic rings. The van der Waals surface area contributed by atoms with Crippen LogP contribution in [0.4, 0.5) is 13.2 Å². The second-order valence-corrected chi connectivity index (χ2v) is 7.62. The molecule has 1 atom stereocenters. The molecule has 0 aliphatic carbocycles. The van der Waals surface area contributed by atoms with Gasteiger partial charge >= 0.3 is 6.18 Å². The highest BCUT2D eigenvalue weighted by Gasteiger charge is 2.40. The van der Waals surface area contributed by atoms with Crippen LogP contribution in [0.2, 0.25) is 0 Å². The Labute approximate surface area is 179 Å². The van der Waals surface area contributed by atoms with Crippen LogP contribution in [0.1, 0.15) is 27.2 Å². The van der Waals surface area contributed by atoms with E-state index in [4.69, 9.17) is 0 Å². The maximum atomic E-state index is 13.9. The summed E-state index contributed by atoms with van der Waals surface area (Å²) in [5.74, 6) is -0.799. The zero-order valence-electron chi connectivity index (χ0n) is 17.6. The molecule has 1 aromatic heterocycles. The molecule has 31 heavy (non-hydrogen) atoms. The zero-order valence-corrected chi connectivity index (χ0v) is 17.6. The Morgan fingerprint density at radius 2 is 1.74 bits per heavy atom. The van der Waals surface area contributed by atoms with Gasteiger partial charge in [0.15, 0.2) is 5.69 Å². The number of aromatic nitrogens is 2. The number of aryl methyl sites for hydroxylation is 1. The number of hydrogen-bond donors (Lipinski definition) is 1. The molecule has 1 heterocycles. The summed E-state index contributed by atoms with van der Waals surface area (Å²) in [4.78, 5) is 14.7. The summed E-state index contributed by atoms with van der Waals surface area (Å²) in [5, 5.41) is 6.55. The summed E-state index contributed by atoms with van der Waals surface area (Å²) in [6.07, 6.45) is -3.11. The van der Waals surface area contributed by atoms with Crippen LogP contribution in [0, 0.1) is 6.92 Å². The van der Waals surface area contributed by atoms with Crippen molar-refractivity contribution >= 4 is 5.91 Å². The first-order valence-electron chi connectivity index (χ1n) is 9.88. The van der Waals surface area contributed by atoms with Crippen LogP contribution < -0.4 is 5.32 Å². The van der Waals surface area contributed by atoms with Gasteiger partial charge < -0.3 is 10.2 Å². The fourth-order valence-electron chi connectivity index (χ4n) is 3.40. The minimum Gasteiger partial charge on any atom is -0.350 e. The molecule has 164 valence electrons. The molecular weight excluding hydrogens is 405 g/mol.